The second kappa shape index (κ2) is 3.27. The van der Waals surface area contributed by atoms with Crippen LogP contribution in [0.3, 0.4) is 0 Å². The van der Waals surface area contributed by atoms with Crippen LogP contribution >= 0.6 is 0 Å². The molecule has 0 fully saturated rings. The number of rotatable bonds is 1. The van der Waals surface area contributed by atoms with Gasteiger partial charge in [-0.15, -0.1) is 0 Å². The van der Waals surface area contributed by atoms with Crippen LogP contribution in [-0.2, 0) is 0 Å². The number of nitrogens with two attached hydrogens (primary N) is 1. The Morgan fingerprint density at radius 1 is 1.33 bits per heavy atom. The number of amides is 1. The Kier molecular flexibility index (Phi) is 2.07. The monoisotopic (exact) mass is 201 g/mol. The van der Waals surface area contributed by atoms with E-state index in [1.54, 1.807) is 0 Å². The molecule has 1 amide bonds. The van der Waals surface area contributed by atoms with E-state index in [-0.39, 0.29) is 0 Å². The molecule has 0 aliphatic rings. The van der Waals surface area contributed by atoms with E-state index in [2.05, 4.69) is 21.1 Å². The van der Waals surface area contributed by atoms with E-state index in [4.69, 9.17) is 5.73 Å². The van der Waals surface area contributed by atoms with Crippen LogP contribution in [0.5, 0.6) is 0 Å². The van der Waals surface area contributed by atoms with E-state index in [1.807, 2.05) is 13.8 Å². The van der Waals surface area contributed by atoms with Gasteiger partial charge in [0.25, 0.3) is 5.91 Å². The van der Waals surface area contributed by atoms with Crippen LogP contribution in [0, 0.1) is 20.0 Å². The fourth-order valence-electron chi connectivity index (χ4n) is 1.26. The third-order valence-corrected chi connectivity index (χ3v) is 2.19. The Morgan fingerprint density at radius 2 is 2.00 bits per heavy atom. The SMILES string of the molecule is Cc1nc2n[c]cc(C(N)=O)c2nc1C. The average molecular weight is 201 g/mol. The molecule has 0 spiro atoms. The molecule has 5 heteroatoms. The third-order valence-electron chi connectivity index (χ3n) is 2.19. The van der Waals surface area contributed by atoms with Gasteiger partial charge in [0, 0.05) is 0 Å². The number of pyridine rings is 1. The zero-order valence-corrected chi connectivity index (χ0v) is 8.40. The fourth-order valence-corrected chi connectivity index (χ4v) is 1.26. The first-order valence-corrected chi connectivity index (χ1v) is 4.41. The number of fused-ring (bicyclic) bond motifs is 1. The van der Waals surface area contributed by atoms with Crippen molar-refractivity contribution in [3.05, 3.63) is 29.2 Å². The van der Waals surface area contributed by atoms with Gasteiger partial charge < -0.3 is 5.73 Å². The molecule has 75 valence electrons. The number of carbonyl (C=O) groups is 1. The normalized spacial score (nSPS) is 10.5. The maximum Gasteiger partial charge on any atom is 0.251 e. The summed E-state index contributed by atoms with van der Waals surface area (Å²) in [5, 5.41) is 0. The number of nitrogens with zero attached hydrogens (tertiary/aromatic N) is 3. The Bertz CT molecular complexity index is 550. The Labute approximate surface area is 86.4 Å². The highest BCUT2D eigenvalue weighted by Crippen LogP contribution is 2.13. The van der Waals surface area contributed by atoms with Crippen molar-refractivity contribution in [3.63, 3.8) is 0 Å². The van der Waals surface area contributed by atoms with Crippen molar-refractivity contribution in [3.8, 4) is 0 Å². The summed E-state index contributed by atoms with van der Waals surface area (Å²) in [5.74, 6) is -0.545. The summed E-state index contributed by atoms with van der Waals surface area (Å²) in [6, 6.07) is 1.42. The number of hydrogen-bond donors (Lipinski definition) is 1. The minimum Gasteiger partial charge on any atom is -0.366 e. The smallest absolute Gasteiger partial charge is 0.251 e. The first-order chi connectivity index (χ1) is 7.09. The van der Waals surface area contributed by atoms with Gasteiger partial charge in [-0.1, -0.05) is 0 Å². The van der Waals surface area contributed by atoms with Gasteiger partial charge in [-0.2, -0.15) is 0 Å². The standard InChI is InChI=1S/C10H9N4O/c1-5-6(2)14-10-8(13-5)7(9(11)15)3-4-12-10/h3H,1-2H3,(H2,11,15). The molecule has 1 radical (unpaired) electrons. The van der Waals surface area contributed by atoms with Crippen LogP contribution in [0.4, 0.5) is 0 Å². The lowest BCUT2D eigenvalue weighted by Gasteiger charge is -2.03. The van der Waals surface area contributed by atoms with Crippen LogP contribution in [0.25, 0.3) is 11.2 Å². The highest BCUT2D eigenvalue weighted by molar-refractivity contribution is 6.02. The molecule has 2 heterocycles. The molecule has 5 nitrogen and oxygen atoms in total. The lowest BCUT2D eigenvalue weighted by molar-refractivity contribution is 0.100. The van der Waals surface area contributed by atoms with Crippen molar-refractivity contribution in [1.82, 2.24) is 15.0 Å². The Morgan fingerprint density at radius 3 is 2.67 bits per heavy atom. The highest BCUT2D eigenvalue weighted by atomic mass is 16.1. The summed E-state index contributed by atoms with van der Waals surface area (Å²) in [6.45, 7) is 3.66. The fraction of sp³-hybridized carbons (Fsp3) is 0.200. The molecule has 15 heavy (non-hydrogen) atoms. The quantitative estimate of drug-likeness (QED) is 0.730. The molecule has 0 aromatic carbocycles. The van der Waals surface area contributed by atoms with Crippen molar-refractivity contribution in [1.29, 1.82) is 0 Å². The predicted molar refractivity (Wildman–Crippen MR) is 54.2 cm³/mol. The zero-order valence-electron chi connectivity index (χ0n) is 8.40. The van der Waals surface area contributed by atoms with E-state index in [0.717, 1.165) is 11.4 Å². The molecule has 0 aliphatic carbocycles. The Balaban J connectivity index is 2.86. The molecule has 2 N–H and O–H groups in total. The van der Waals surface area contributed by atoms with Gasteiger partial charge in [-0.05, 0) is 19.9 Å². The minimum atomic E-state index is -0.545. The summed E-state index contributed by atoms with van der Waals surface area (Å²) >= 11 is 0. The van der Waals surface area contributed by atoms with Crippen LogP contribution < -0.4 is 5.73 Å². The maximum absolute atomic E-state index is 11.1. The van der Waals surface area contributed by atoms with Gasteiger partial charge in [0.15, 0.2) is 5.65 Å². The number of aryl methyl sites for hydroxylation is 2. The van der Waals surface area contributed by atoms with E-state index in [0.29, 0.717) is 16.7 Å². The van der Waals surface area contributed by atoms with Crippen molar-refractivity contribution in [2.45, 2.75) is 13.8 Å². The number of primary amides is 1. The molecule has 0 saturated heterocycles. The topological polar surface area (TPSA) is 81.8 Å². The summed E-state index contributed by atoms with van der Waals surface area (Å²) in [6.07, 6.45) is 2.58. The average Bonchev–Trinajstić information content (AvgIpc) is 2.18. The molecule has 2 aromatic rings. The molecule has 2 rings (SSSR count). The summed E-state index contributed by atoms with van der Waals surface area (Å²) < 4.78 is 0. The second-order valence-electron chi connectivity index (χ2n) is 3.23. The van der Waals surface area contributed by atoms with Crippen LogP contribution in [0.15, 0.2) is 6.07 Å². The predicted octanol–water partition coefficient (Wildman–Crippen LogP) is 0.541. The molecular formula is C10H9N4O. The number of carbonyl (C=O) groups excluding carboxylic acids is 1. The van der Waals surface area contributed by atoms with E-state index in [9.17, 15) is 4.79 Å². The first kappa shape index (κ1) is 9.51. The number of aromatic nitrogens is 3. The van der Waals surface area contributed by atoms with Gasteiger partial charge >= 0.3 is 0 Å². The van der Waals surface area contributed by atoms with Crippen molar-refractivity contribution in [2.24, 2.45) is 5.73 Å². The summed E-state index contributed by atoms with van der Waals surface area (Å²) in [4.78, 5) is 23.5. The van der Waals surface area contributed by atoms with E-state index in [1.165, 1.54) is 6.07 Å². The zero-order chi connectivity index (χ0) is 11.0. The van der Waals surface area contributed by atoms with Gasteiger partial charge in [-0.25, -0.2) is 15.0 Å². The van der Waals surface area contributed by atoms with E-state index < -0.39 is 5.91 Å². The molecule has 0 bridgehead atoms. The minimum absolute atomic E-state index is 0.301. The third kappa shape index (κ3) is 1.52. The van der Waals surface area contributed by atoms with Gasteiger partial charge in [-0.3, -0.25) is 4.79 Å². The lowest BCUT2D eigenvalue weighted by atomic mass is 10.2. The second-order valence-corrected chi connectivity index (χ2v) is 3.23. The molecule has 2 aromatic heterocycles. The van der Waals surface area contributed by atoms with Crippen LogP contribution in [0.2, 0.25) is 0 Å². The molecule has 0 saturated carbocycles. The van der Waals surface area contributed by atoms with Gasteiger partial charge in [0.1, 0.15) is 5.52 Å². The van der Waals surface area contributed by atoms with Crippen molar-refractivity contribution >= 4 is 17.1 Å². The van der Waals surface area contributed by atoms with Crippen molar-refractivity contribution < 1.29 is 4.79 Å². The molecule has 0 aliphatic heterocycles. The molecular weight excluding hydrogens is 192 g/mol. The lowest BCUT2D eigenvalue weighted by Crippen LogP contribution is -2.13. The van der Waals surface area contributed by atoms with Crippen LogP contribution in [-0.4, -0.2) is 20.9 Å². The maximum atomic E-state index is 11.1. The highest BCUT2D eigenvalue weighted by Gasteiger charge is 2.10. The largest absolute Gasteiger partial charge is 0.366 e. The van der Waals surface area contributed by atoms with E-state index >= 15 is 0 Å². The molecule has 0 atom stereocenters. The van der Waals surface area contributed by atoms with Crippen LogP contribution in [0.1, 0.15) is 21.7 Å². The number of hydrogen-bond acceptors (Lipinski definition) is 4. The van der Waals surface area contributed by atoms with Gasteiger partial charge in [0.05, 0.1) is 23.1 Å². The first-order valence-electron chi connectivity index (χ1n) is 4.41. The van der Waals surface area contributed by atoms with Crippen molar-refractivity contribution in [2.75, 3.05) is 0 Å². The Hall–Kier alpha value is -2.04. The van der Waals surface area contributed by atoms with Gasteiger partial charge in [0.2, 0.25) is 0 Å². The molecule has 0 unspecified atom stereocenters. The summed E-state index contributed by atoms with van der Waals surface area (Å²) in [5.41, 5.74) is 7.89. The summed E-state index contributed by atoms with van der Waals surface area (Å²) in [7, 11) is 0.